The molecule has 1 saturated carbocycles. The first-order chi connectivity index (χ1) is 10.6. The van der Waals surface area contributed by atoms with E-state index in [4.69, 9.17) is 5.73 Å². The Balaban J connectivity index is 1.76. The van der Waals surface area contributed by atoms with Crippen molar-refractivity contribution < 1.29 is 4.79 Å². The molecule has 2 N–H and O–H groups in total. The summed E-state index contributed by atoms with van der Waals surface area (Å²) < 4.78 is 2.06. The van der Waals surface area contributed by atoms with Crippen molar-refractivity contribution in [3.63, 3.8) is 0 Å². The molecule has 0 bridgehead atoms. The van der Waals surface area contributed by atoms with Gasteiger partial charge in [-0.05, 0) is 37.4 Å². The molecule has 5 nitrogen and oxygen atoms in total. The number of benzene rings is 1. The minimum absolute atomic E-state index is 0.0877. The smallest absolute Gasteiger partial charge is 0.226 e. The molecular weight excluding hydrogens is 276 g/mol. The van der Waals surface area contributed by atoms with Crippen molar-refractivity contribution in [3.8, 4) is 0 Å². The largest absolute Gasteiger partial charge is 0.338 e. The second-order valence-electron chi connectivity index (χ2n) is 6.30. The van der Waals surface area contributed by atoms with E-state index in [1.165, 1.54) is 0 Å². The van der Waals surface area contributed by atoms with Crippen LogP contribution >= 0.6 is 0 Å². The van der Waals surface area contributed by atoms with Crippen LogP contribution < -0.4 is 5.73 Å². The maximum atomic E-state index is 12.7. The van der Waals surface area contributed by atoms with Gasteiger partial charge in [0.25, 0.3) is 0 Å². The lowest BCUT2D eigenvalue weighted by atomic mass is 9.95. The van der Waals surface area contributed by atoms with Gasteiger partial charge in [-0.15, -0.1) is 0 Å². The number of aromatic nitrogens is 2. The van der Waals surface area contributed by atoms with Gasteiger partial charge in [-0.3, -0.25) is 4.79 Å². The molecular formula is C17H24N4O. The Bertz CT molecular complexity index is 678. The molecule has 0 spiro atoms. The highest BCUT2D eigenvalue weighted by Crippen LogP contribution is 2.32. The summed E-state index contributed by atoms with van der Waals surface area (Å²) in [6.07, 6.45) is 3.15. The third-order valence-electron chi connectivity index (χ3n) is 4.91. The van der Waals surface area contributed by atoms with Crippen molar-refractivity contribution in [1.29, 1.82) is 0 Å². The number of fused-ring (bicyclic) bond motifs is 1. The van der Waals surface area contributed by atoms with Crippen LogP contribution in [0.3, 0.4) is 0 Å². The lowest BCUT2D eigenvalue weighted by molar-refractivity contribution is -0.135. The van der Waals surface area contributed by atoms with Crippen LogP contribution in [0.4, 0.5) is 0 Å². The van der Waals surface area contributed by atoms with Gasteiger partial charge in [-0.25, -0.2) is 4.98 Å². The highest BCUT2D eigenvalue weighted by molar-refractivity contribution is 5.79. The van der Waals surface area contributed by atoms with E-state index in [-0.39, 0.29) is 11.8 Å². The Morgan fingerprint density at radius 1 is 1.41 bits per heavy atom. The number of para-hydroxylation sites is 2. The van der Waals surface area contributed by atoms with Crippen LogP contribution in [0.25, 0.3) is 11.0 Å². The highest BCUT2D eigenvalue weighted by atomic mass is 16.2. The zero-order valence-corrected chi connectivity index (χ0v) is 13.3. The van der Waals surface area contributed by atoms with Crippen LogP contribution in [0.15, 0.2) is 24.3 Å². The number of amides is 1. The summed E-state index contributed by atoms with van der Waals surface area (Å²) in [6, 6.07) is 8.04. The fraction of sp³-hybridized carbons (Fsp3) is 0.529. The van der Waals surface area contributed by atoms with E-state index < -0.39 is 0 Å². The average Bonchev–Trinajstić information content (AvgIpc) is 3.12. The van der Waals surface area contributed by atoms with Crippen LogP contribution in [-0.2, 0) is 18.4 Å². The lowest BCUT2D eigenvalue weighted by Crippen LogP contribution is -2.36. The van der Waals surface area contributed by atoms with E-state index in [1.54, 1.807) is 4.90 Å². The van der Waals surface area contributed by atoms with Crippen molar-refractivity contribution in [2.45, 2.75) is 25.8 Å². The Kier molecular flexibility index (Phi) is 4.16. The van der Waals surface area contributed by atoms with Gasteiger partial charge in [-0.1, -0.05) is 18.6 Å². The molecule has 22 heavy (non-hydrogen) atoms. The first kappa shape index (κ1) is 15.0. The number of rotatable bonds is 4. The number of carbonyl (C=O) groups excluding carboxylic acids is 1. The summed E-state index contributed by atoms with van der Waals surface area (Å²) in [6.45, 7) is 1.15. The summed E-state index contributed by atoms with van der Waals surface area (Å²) in [7, 11) is 3.87. The number of imidazole rings is 1. The Morgan fingerprint density at radius 2 is 2.18 bits per heavy atom. The summed E-state index contributed by atoms with van der Waals surface area (Å²) in [4.78, 5) is 19.1. The quantitative estimate of drug-likeness (QED) is 0.938. The number of hydrogen-bond donors (Lipinski definition) is 1. The zero-order valence-electron chi connectivity index (χ0n) is 13.3. The number of nitrogens with zero attached hydrogens (tertiary/aromatic N) is 3. The molecule has 0 saturated heterocycles. The van der Waals surface area contributed by atoms with E-state index in [2.05, 4.69) is 15.6 Å². The maximum Gasteiger partial charge on any atom is 0.226 e. The molecule has 0 unspecified atom stereocenters. The monoisotopic (exact) mass is 300 g/mol. The molecule has 1 aliphatic carbocycles. The highest BCUT2D eigenvalue weighted by Gasteiger charge is 2.33. The molecule has 1 fully saturated rings. The maximum absolute atomic E-state index is 12.7. The van der Waals surface area contributed by atoms with Crippen LogP contribution in [0.1, 0.15) is 25.1 Å². The fourth-order valence-corrected chi connectivity index (χ4v) is 3.55. The Hall–Kier alpha value is -1.88. The normalized spacial score (nSPS) is 21.4. The second-order valence-corrected chi connectivity index (χ2v) is 6.30. The van der Waals surface area contributed by atoms with Crippen molar-refractivity contribution in [2.24, 2.45) is 24.6 Å². The van der Waals surface area contributed by atoms with Gasteiger partial charge < -0.3 is 15.2 Å². The van der Waals surface area contributed by atoms with Gasteiger partial charge in [0.1, 0.15) is 5.82 Å². The number of nitrogens with two attached hydrogens (primary N) is 1. The van der Waals surface area contributed by atoms with Crippen LogP contribution in [0.2, 0.25) is 0 Å². The Labute approximate surface area is 131 Å². The summed E-state index contributed by atoms with van der Waals surface area (Å²) in [5.41, 5.74) is 7.87. The molecule has 118 valence electrons. The third-order valence-corrected chi connectivity index (χ3v) is 4.91. The molecule has 1 aromatic heterocycles. The fourth-order valence-electron chi connectivity index (χ4n) is 3.55. The third kappa shape index (κ3) is 2.61. The van der Waals surface area contributed by atoms with Gasteiger partial charge in [0.05, 0.1) is 17.6 Å². The topological polar surface area (TPSA) is 64.2 Å². The SMILES string of the molecule is CN(Cc1nc2ccccc2n1C)C(=O)[C@@H]1CCC[C@@H]1CN. The van der Waals surface area contributed by atoms with Crippen LogP contribution in [0.5, 0.6) is 0 Å². The minimum atomic E-state index is 0.0877. The van der Waals surface area contributed by atoms with E-state index in [1.807, 2.05) is 32.3 Å². The predicted octanol–water partition coefficient (Wildman–Crippen LogP) is 1.91. The Morgan fingerprint density at radius 3 is 2.91 bits per heavy atom. The molecule has 0 aliphatic heterocycles. The molecule has 2 aromatic rings. The van der Waals surface area contributed by atoms with E-state index in [0.717, 1.165) is 36.1 Å². The van der Waals surface area contributed by atoms with Crippen LogP contribution in [-0.4, -0.2) is 34.0 Å². The first-order valence-corrected chi connectivity index (χ1v) is 7.97. The molecule has 1 aromatic carbocycles. The summed E-state index contributed by atoms with van der Waals surface area (Å²) in [5, 5.41) is 0. The van der Waals surface area contributed by atoms with E-state index in [9.17, 15) is 4.79 Å². The standard InChI is InChI=1S/C17H24N4O/c1-20(17(22)13-7-5-6-12(13)10-18)11-16-19-14-8-3-4-9-15(14)21(16)2/h3-4,8-9,12-13H,5-7,10-11,18H2,1-2H3/t12-,13-/m1/s1. The van der Waals surface area contributed by atoms with E-state index >= 15 is 0 Å². The number of carbonyl (C=O) groups is 1. The molecule has 1 amide bonds. The second kappa shape index (κ2) is 6.08. The van der Waals surface area contributed by atoms with Crippen molar-refractivity contribution in [1.82, 2.24) is 14.5 Å². The summed E-state index contributed by atoms with van der Waals surface area (Å²) >= 11 is 0. The first-order valence-electron chi connectivity index (χ1n) is 7.97. The van der Waals surface area contributed by atoms with Gasteiger partial charge >= 0.3 is 0 Å². The molecule has 1 heterocycles. The molecule has 5 heteroatoms. The van der Waals surface area contributed by atoms with E-state index in [0.29, 0.717) is 19.0 Å². The molecule has 0 radical (unpaired) electrons. The average molecular weight is 300 g/mol. The minimum Gasteiger partial charge on any atom is -0.338 e. The van der Waals surface area contributed by atoms with Crippen molar-refractivity contribution in [2.75, 3.05) is 13.6 Å². The molecule has 2 atom stereocenters. The summed E-state index contributed by atoms with van der Waals surface area (Å²) in [5.74, 6) is 1.56. The number of aryl methyl sites for hydroxylation is 1. The van der Waals surface area contributed by atoms with Gasteiger partial charge in [0, 0.05) is 20.0 Å². The zero-order chi connectivity index (χ0) is 15.7. The van der Waals surface area contributed by atoms with Crippen LogP contribution in [0, 0.1) is 11.8 Å². The predicted molar refractivity (Wildman–Crippen MR) is 87.1 cm³/mol. The molecule has 3 rings (SSSR count). The van der Waals surface area contributed by atoms with Gasteiger partial charge in [0.2, 0.25) is 5.91 Å². The molecule has 1 aliphatic rings. The van der Waals surface area contributed by atoms with Gasteiger partial charge in [0.15, 0.2) is 0 Å². The number of hydrogen-bond acceptors (Lipinski definition) is 3. The lowest BCUT2D eigenvalue weighted by Gasteiger charge is -2.24. The van der Waals surface area contributed by atoms with Gasteiger partial charge in [-0.2, -0.15) is 0 Å². The van der Waals surface area contributed by atoms with Crippen molar-refractivity contribution >= 4 is 16.9 Å². The van der Waals surface area contributed by atoms with Crippen molar-refractivity contribution in [3.05, 3.63) is 30.1 Å².